The van der Waals surface area contributed by atoms with Crippen LogP contribution in [0, 0.1) is 0 Å². The molecular formula is C24H37N5O2. The average Bonchev–Trinajstić information content (AvgIpc) is 2.81. The second-order valence-corrected chi connectivity index (χ2v) is 7.05. The number of aliphatic imine (C=N–C) groups is 1. The number of pyridine rings is 1. The lowest BCUT2D eigenvalue weighted by Crippen LogP contribution is -2.38. The Morgan fingerprint density at radius 3 is 2.58 bits per heavy atom. The van der Waals surface area contributed by atoms with E-state index >= 15 is 0 Å². The number of hydrogen-bond donors (Lipinski definition) is 2. The Labute approximate surface area is 186 Å². The molecule has 1 heterocycles. The highest BCUT2D eigenvalue weighted by Gasteiger charge is 2.07. The molecule has 7 nitrogen and oxygen atoms in total. The highest BCUT2D eigenvalue weighted by Crippen LogP contribution is 2.28. The molecule has 0 aliphatic carbocycles. The Kier molecular flexibility index (Phi) is 11.2. The molecule has 7 heteroatoms. The molecule has 2 aromatic rings. The summed E-state index contributed by atoms with van der Waals surface area (Å²) in [6.45, 7) is 12.1. The maximum Gasteiger partial charge on any atom is 0.191 e. The topological polar surface area (TPSA) is 71.0 Å². The fourth-order valence-corrected chi connectivity index (χ4v) is 3.12. The lowest BCUT2D eigenvalue weighted by molar-refractivity contribution is 0.217. The molecule has 0 saturated carbocycles. The van der Waals surface area contributed by atoms with Crippen LogP contribution in [-0.4, -0.2) is 62.3 Å². The molecule has 1 aromatic carbocycles. The molecule has 0 atom stereocenters. The first-order valence-corrected chi connectivity index (χ1v) is 11.1. The van der Waals surface area contributed by atoms with Gasteiger partial charge in [0.15, 0.2) is 17.5 Å². The highest BCUT2D eigenvalue weighted by atomic mass is 16.5. The molecule has 0 bridgehead atoms. The molecule has 2 rings (SSSR count). The van der Waals surface area contributed by atoms with E-state index in [-0.39, 0.29) is 0 Å². The predicted molar refractivity (Wildman–Crippen MR) is 127 cm³/mol. The number of guanidine groups is 1. The van der Waals surface area contributed by atoms with Gasteiger partial charge in [-0.2, -0.15) is 0 Å². The monoisotopic (exact) mass is 427 g/mol. The van der Waals surface area contributed by atoms with Crippen LogP contribution in [0.5, 0.6) is 11.5 Å². The van der Waals surface area contributed by atoms with Crippen molar-refractivity contribution in [2.75, 3.05) is 46.4 Å². The van der Waals surface area contributed by atoms with Crippen LogP contribution < -0.4 is 20.1 Å². The zero-order valence-corrected chi connectivity index (χ0v) is 19.4. The third kappa shape index (κ3) is 8.84. The van der Waals surface area contributed by atoms with Crippen LogP contribution in [0.1, 0.15) is 32.0 Å². The Morgan fingerprint density at radius 2 is 1.90 bits per heavy atom. The Morgan fingerprint density at radius 1 is 1.06 bits per heavy atom. The average molecular weight is 428 g/mol. The normalized spacial score (nSPS) is 11.5. The van der Waals surface area contributed by atoms with Crippen LogP contribution in [0.4, 0.5) is 0 Å². The Bertz CT molecular complexity index is 779. The number of aromatic nitrogens is 1. The highest BCUT2D eigenvalue weighted by molar-refractivity contribution is 5.79. The number of methoxy groups -OCH3 is 1. The van der Waals surface area contributed by atoms with Gasteiger partial charge >= 0.3 is 0 Å². The van der Waals surface area contributed by atoms with Crippen molar-refractivity contribution >= 4 is 5.96 Å². The number of benzene rings is 1. The van der Waals surface area contributed by atoms with Gasteiger partial charge in [-0.3, -0.25) is 4.98 Å². The third-order valence-corrected chi connectivity index (χ3v) is 4.95. The molecule has 0 aliphatic rings. The number of rotatable bonds is 13. The molecule has 0 spiro atoms. The van der Waals surface area contributed by atoms with Gasteiger partial charge in [-0.25, -0.2) is 4.99 Å². The SMILES string of the molecule is CCNC(=NCc1ccc(OCCN(CC)CC)c(OC)c1)NCCc1ccccn1. The first kappa shape index (κ1) is 24.5. The van der Waals surface area contributed by atoms with Crippen molar-refractivity contribution in [3.8, 4) is 11.5 Å². The number of likely N-dealkylation sites (N-methyl/N-ethyl adjacent to an activating group) is 1. The second kappa shape index (κ2) is 14.2. The maximum atomic E-state index is 5.94. The summed E-state index contributed by atoms with van der Waals surface area (Å²) in [4.78, 5) is 11.4. The largest absolute Gasteiger partial charge is 0.493 e. The second-order valence-electron chi connectivity index (χ2n) is 7.05. The molecule has 170 valence electrons. The molecule has 0 amide bonds. The van der Waals surface area contributed by atoms with E-state index in [9.17, 15) is 0 Å². The molecule has 0 radical (unpaired) electrons. The smallest absolute Gasteiger partial charge is 0.191 e. The van der Waals surface area contributed by atoms with Gasteiger partial charge in [0.25, 0.3) is 0 Å². The lowest BCUT2D eigenvalue weighted by Gasteiger charge is -2.19. The van der Waals surface area contributed by atoms with Crippen molar-refractivity contribution in [3.63, 3.8) is 0 Å². The van der Waals surface area contributed by atoms with Gasteiger partial charge in [-0.15, -0.1) is 0 Å². The molecule has 0 unspecified atom stereocenters. The van der Waals surface area contributed by atoms with E-state index in [0.717, 1.165) is 67.9 Å². The van der Waals surface area contributed by atoms with E-state index in [1.165, 1.54) is 0 Å². The van der Waals surface area contributed by atoms with Gasteiger partial charge in [-0.1, -0.05) is 26.0 Å². The minimum Gasteiger partial charge on any atom is -0.493 e. The number of hydrogen-bond acceptors (Lipinski definition) is 5. The van der Waals surface area contributed by atoms with Crippen LogP contribution in [-0.2, 0) is 13.0 Å². The van der Waals surface area contributed by atoms with Gasteiger partial charge in [0.2, 0.25) is 0 Å². The molecule has 1 aromatic heterocycles. The zero-order chi connectivity index (χ0) is 22.3. The van der Waals surface area contributed by atoms with E-state index in [4.69, 9.17) is 14.5 Å². The van der Waals surface area contributed by atoms with Crippen LogP contribution in [0.2, 0.25) is 0 Å². The Hall–Kier alpha value is -2.80. The number of nitrogens with one attached hydrogen (secondary N) is 2. The standard InChI is InChI=1S/C24H37N5O2/c1-5-25-24(27-15-13-21-10-8-9-14-26-21)28-19-20-11-12-22(23(18-20)30-4)31-17-16-29(6-2)7-3/h8-12,14,18H,5-7,13,15-17,19H2,1-4H3,(H2,25,27,28). The van der Waals surface area contributed by atoms with Crippen molar-refractivity contribution < 1.29 is 9.47 Å². The van der Waals surface area contributed by atoms with Gasteiger partial charge in [0.1, 0.15) is 6.61 Å². The first-order valence-electron chi connectivity index (χ1n) is 11.1. The van der Waals surface area contributed by atoms with Crippen molar-refractivity contribution in [3.05, 3.63) is 53.9 Å². The van der Waals surface area contributed by atoms with E-state index in [2.05, 4.69) is 41.3 Å². The maximum absolute atomic E-state index is 5.94. The van der Waals surface area contributed by atoms with Gasteiger partial charge < -0.3 is 25.0 Å². The van der Waals surface area contributed by atoms with Gasteiger partial charge in [-0.05, 0) is 49.8 Å². The predicted octanol–water partition coefficient (Wildman–Crippen LogP) is 3.11. The van der Waals surface area contributed by atoms with E-state index in [1.54, 1.807) is 7.11 Å². The van der Waals surface area contributed by atoms with Crippen LogP contribution in [0.25, 0.3) is 0 Å². The molecular weight excluding hydrogens is 390 g/mol. The summed E-state index contributed by atoms with van der Waals surface area (Å²) in [6, 6.07) is 12.0. The van der Waals surface area contributed by atoms with E-state index < -0.39 is 0 Å². The van der Waals surface area contributed by atoms with E-state index in [1.807, 2.05) is 42.6 Å². The lowest BCUT2D eigenvalue weighted by atomic mass is 10.2. The van der Waals surface area contributed by atoms with Crippen LogP contribution >= 0.6 is 0 Å². The Balaban J connectivity index is 1.91. The summed E-state index contributed by atoms with van der Waals surface area (Å²) in [5, 5.41) is 6.65. The summed E-state index contributed by atoms with van der Waals surface area (Å²) < 4.78 is 11.5. The summed E-state index contributed by atoms with van der Waals surface area (Å²) in [7, 11) is 1.67. The molecule has 0 fully saturated rings. The molecule has 0 aliphatic heterocycles. The summed E-state index contributed by atoms with van der Waals surface area (Å²) in [5.74, 6) is 2.29. The van der Waals surface area contributed by atoms with Crippen LogP contribution in [0.3, 0.4) is 0 Å². The zero-order valence-electron chi connectivity index (χ0n) is 19.4. The van der Waals surface area contributed by atoms with Gasteiger partial charge in [0.05, 0.1) is 13.7 Å². The third-order valence-electron chi connectivity index (χ3n) is 4.95. The number of nitrogens with zero attached hydrogens (tertiary/aromatic N) is 3. The summed E-state index contributed by atoms with van der Waals surface area (Å²) in [5.41, 5.74) is 2.13. The van der Waals surface area contributed by atoms with Crippen molar-refractivity contribution in [1.29, 1.82) is 0 Å². The quantitative estimate of drug-likeness (QED) is 0.378. The van der Waals surface area contributed by atoms with Crippen LogP contribution in [0.15, 0.2) is 47.6 Å². The number of ether oxygens (including phenoxy) is 2. The molecule has 0 saturated heterocycles. The fraction of sp³-hybridized carbons (Fsp3) is 0.500. The van der Waals surface area contributed by atoms with Gasteiger partial charge in [0, 0.05) is 37.9 Å². The summed E-state index contributed by atoms with van der Waals surface area (Å²) >= 11 is 0. The van der Waals surface area contributed by atoms with E-state index in [0.29, 0.717) is 13.2 Å². The van der Waals surface area contributed by atoms with Crippen molar-refractivity contribution in [2.24, 2.45) is 4.99 Å². The minimum atomic E-state index is 0.551. The molecule has 2 N–H and O–H groups in total. The first-order chi connectivity index (χ1) is 15.2. The molecule has 31 heavy (non-hydrogen) atoms. The minimum absolute atomic E-state index is 0.551. The summed E-state index contributed by atoms with van der Waals surface area (Å²) in [6.07, 6.45) is 2.66. The van der Waals surface area contributed by atoms with Crippen molar-refractivity contribution in [1.82, 2.24) is 20.5 Å². The fourth-order valence-electron chi connectivity index (χ4n) is 3.12. The van der Waals surface area contributed by atoms with Crippen molar-refractivity contribution in [2.45, 2.75) is 33.7 Å².